The number of allylic oxidation sites excluding steroid dienone is 1. The molecule has 0 heterocycles. The summed E-state index contributed by atoms with van der Waals surface area (Å²) >= 11 is 3.58. The maximum absolute atomic E-state index is 5.69. The largest absolute Gasteiger partial charge is 0.330 e. The predicted molar refractivity (Wildman–Crippen MR) is 64.0 cm³/mol. The fourth-order valence-electron chi connectivity index (χ4n) is 1.95. The maximum atomic E-state index is 5.69. The second-order valence-corrected chi connectivity index (χ2v) is 4.62. The molecule has 1 aromatic carbocycles. The summed E-state index contributed by atoms with van der Waals surface area (Å²) in [5.74, 6) is 0.463. The lowest BCUT2D eigenvalue weighted by Crippen LogP contribution is -2.11. The van der Waals surface area contributed by atoms with E-state index >= 15 is 0 Å². The van der Waals surface area contributed by atoms with E-state index in [1.807, 2.05) is 0 Å². The van der Waals surface area contributed by atoms with Crippen LogP contribution in [-0.4, -0.2) is 6.54 Å². The van der Waals surface area contributed by atoms with Crippen LogP contribution in [0.4, 0.5) is 0 Å². The van der Waals surface area contributed by atoms with Gasteiger partial charge >= 0.3 is 0 Å². The van der Waals surface area contributed by atoms with Gasteiger partial charge in [-0.3, -0.25) is 0 Å². The molecule has 0 aromatic heterocycles. The van der Waals surface area contributed by atoms with Gasteiger partial charge in [-0.25, -0.2) is 0 Å². The molecule has 2 N–H and O–H groups in total. The molecule has 0 amide bonds. The Morgan fingerprint density at radius 1 is 1.50 bits per heavy atom. The van der Waals surface area contributed by atoms with Gasteiger partial charge in [0.2, 0.25) is 0 Å². The molecule has 0 saturated carbocycles. The SMILES string of the molecule is CC(CN)C1=CCc2c(Br)cccc21. The topological polar surface area (TPSA) is 26.0 Å². The highest BCUT2D eigenvalue weighted by Gasteiger charge is 2.19. The molecule has 1 aliphatic rings. The van der Waals surface area contributed by atoms with Crippen LogP contribution in [0.2, 0.25) is 0 Å². The number of hydrogen-bond acceptors (Lipinski definition) is 1. The van der Waals surface area contributed by atoms with Crippen molar-refractivity contribution >= 4 is 21.5 Å². The van der Waals surface area contributed by atoms with E-state index in [0.717, 1.165) is 13.0 Å². The molecule has 14 heavy (non-hydrogen) atoms. The summed E-state index contributed by atoms with van der Waals surface area (Å²) in [6.07, 6.45) is 3.34. The lowest BCUT2D eigenvalue weighted by molar-refractivity contribution is 0.761. The van der Waals surface area contributed by atoms with Gasteiger partial charge in [0.1, 0.15) is 0 Å². The lowest BCUT2D eigenvalue weighted by Gasteiger charge is -2.12. The molecule has 1 aliphatic carbocycles. The second-order valence-electron chi connectivity index (χ2n) is 3.77. The number of rotatable bonds is 2. The summed E-state index contributed by atoms with van der Waals surface area (Å²) < 4.78 is 1.21. The van der Waals surface area contributed by atoms with E-state index in [2.05, 4.69) is 47.1 Å². The highest BCUT2D eigenvalue weighted by Crippen LogP contribution is 2.36. The van der Waals surface area contributed by atoms with E-state index in [1.165, 1.54) is 21.2 Å². The zero-order chi connectivity index (χ0) is 10.1. The van der Waals surface area contributed by atoms with Gasteiger partial charge in [-0.2, -0.15) is 0 Å². The molecule has 0 aliphatic heterocycles. The van der Waals surface area contributed by atoms with E-state index < -0.39 is 0 Å². The van der Waals surface area contributed by atoms with Crippen molar-refractivity contribution in [3.8, 4) is 0 Å². The Morgan fingerprint density at radius 2 is 2.29 bits per heavy atom. The summed E-state index contributed by atoms with van der Waals surface area (Å²) in [7, 11) is 0. The Kier molecular flexibility index (Phi) is 2.75. The fourth-order valence-corrected chi connectivity index (χ4v) is 2.48. The van der Waals surface area contributed by atoms with Crippen LogP contribution in [0.1, 0.15) is 18.1 Å². The third-order valence-corrected chi connectivity index (χ3v) is 3.58. The van der Waals surface area contributed by atoms with Crippen LogP contribution < -0.4 is 5.73 Å². The first kappa shape index (κ1) is 9.94. The van der Waals surface area contributed by atoms with Crippen LogP contribution in [0, 0.1) is 5.92 Å². The molecular formula is C12H14BrN. The van der Waals surface area contributed by atoms with Crippen molar-refractivity contribution < 1.29 is 0 Å². The summed E-state index contributed by atoms with van der Waals surface area (Å²) in [5, 5.41) is 0. The number of fused-ring (bicyclic) bond motifs is 1. The van der Waals surface area contributed by atoms with Gasteiger partial charge in [-0.1, -0.05) is 41.1 Å². The summed E-state index contributed by atoms with van der Waals surface area (Å²) in [5.41, 5.74) is 9.88. The third kappa shape index (κ3) is 1.53. The van der Waals surface area contributed by atoms with Gasteiger partial charge in [0.25, 0.3) is 0 Å². The van der Waals surface area contributed by atoms with Crippen molar-refractivity contribution in [1.29, 1.82) is 0 Å². The van der Waals surface area contributed by atoms with Gasteiger partial charge < -0.3 is 5.73 Å². The molecule has 0 spiro atoms. The minimum Gasteiger partial charge on any atom is -0.330 e. The quantitative estimate of drug-likeness (QED) is 0.860. The molecule has 0 bridgehead atoms. The maximum Gasteiger partial charge on any atom is 0.0216 e. The van der Waals surface area contributed by atoms with E-state index in [1.54, 1.807) is 0 Å². The van der Waals surface area contributed by atoms with Crippen LogP contribution in [0.15, 0.2) is 28.7 Å². The standard InChI is InChI=1S/C12H14BrN/c1-8(7-14)9-5-6-11-10(9)3-2-4-12(11)13/h2-5,8H,6-7,14H2,1H3. The molecule has 2 rings (SSSR count). The van der Waals surface area contributed by atoms with E-state index in [4.69, 9.17) is 5.73 Å². The van der Waals surface area contributed by atoms with Gasteiger partial charge in [0.05, 0.1) is 0 Å². The van der Waals surface area contributed by atoms with Gasteiger partial charge in [-0.05, 0) is 41.6 Å². The van der Waals surface area contributed by atoms with Crippen molar-refractivity contribution in [3.05, 3.63) is 39.9 Å². The van der Waals surface area contributed by atoms with E-state index in [-0.39, 0.29) is 0 Å². The first-order chi connectivity index (χ1) is 6.74. The van der Waals surface area contributed by atoms with Gasteiger partial charge in [0.15, 0.2) is 0 Å². The van der Waals surface area contributed by atoms with Crippen molar-refractivity contribution in [2.45, 2.75) is 13.3 Å². The Morgan fingerprint density at radius 3 is 3.00 bits per heavy atom. The van der Waals surface area contributed by atoms with Crippen molar-refractivity contribution in [3.63, 3.8) is 0 Å². The van der Waals surface area contributed by atoms with E-state index in [0.29, 0.717) is 5.92 Å². The lowest BCUT2D eigenvalue weighted by atomic mass is 9.96. The minimum absolute atomic E-state index is 0.463. The zero-order valence-electron chi connectivity index (χ0n) is 8.26. The Bertz CT molecular complexity index is 382. The Hall–Kier alpha value is -0.600. The Balaban J connectivity index is 2.42. The molecule has 1 atom stereocenters. The Labute approximate surface area is 93.1 Å². The summed E-state index contributed by atoms with van der Waals surface area (Å²) in [4.78, 5) is 0. The molecular weight excluding hydrogens is 238 g/mol. The molecule has 0 radical (unpaired) electrons. The first-order valence-electron chi connectivity index (χ1n) is 4.92. The second kappa shape index (κ2) is 3.87. The normalized spacial score (nSPS) is 16.4. The van der Waals surface area contributed by atoms with Crippen molar-refractivity contribution in [1.82, 2.24) is 0 Å². The van der Waals surface area contributed by atoms with Crippen LogP contribution in [0.5, 0.6) is 0 Å². The van der Waals surface area contributed by atoms with Crippen molar-refractivity contribution in [2.24, 2.45) is 11.7 Å². The average Bonchev–Trinajstić information content (AvgIpc) is 2.62. The number of halogens is 1. The number of hydrogen-bond donors (Lipinski definition) is 1. The fraction of sp³-hybridized carbons (Fsp3) is 0.333. The predicted octanol–water partition coefficient (Wildman–Crippen LogP) is 2.98. The average molecular weight is 252 g/mol. The molecule has 1 aromatic rings. The molecule has 1 nitrogen and oxygen atoms in total. The minimum atomic E-state index is 0.463. The van der Waals surface area contributed by atoms with Gasteiger partial charge in [-0.15, -0.1) is 0 Å². The smallest absolute Gasteiger partial charge is 0.0216 e. The summed E-state index contributed by atoms with van der Waals surface area (Å²) in [6, 6.07) is 6.37. The highest BCUT2D eigenvalue weighted by atomic mass is 79.9. The molecule has 1 unspecified atom stereocenters. The van der Waals surface area contributed by atoms with Crippen LogP contribution >= 0.6 is 15.9 Å². The number of benzene rings is 1. The molecule has 0 fully saturated rings. The molecule has 74 valence electrons. The highest BCUT2D eigenvalue weighted by molar-refractivity contribution is 9.10. The monoisotopic (exact) mass is 251 g/mol. The van der Waals surface area contributed by atoms with Crippen LogP contribution in [0.3, 0.4) is 0 Å². The molecule has 0 saturated heterocycles. The van der Waals surface area contributed by atoms with Crippen LogP contribution in [0.25, 0.3) is 5.57 Å². The number of nitrogens with two attached hydrogens (primary N) is 1. The first-order valence-corrected chi connectivity index (χ1v) is 5.71. The zero-order valence-corrected chi connectivity index (χ0v) is 9.84. The van der Waals surface area contributed by atoms with Gasteiger partial charge in [0, 0.05) is 4.47 Å². The van der Waals surface area contributed by atoms with Crippen molar-refractivity contribution in [2.75, 3.05) is 6.54 Å². The van der Waals surface area contributed by atoms with E-state index in [9.17, 15) is 0 Å². The summed E-state index contributed by atoms with van der Waals surface area (Å²) in [6.45, 7) is 2.90. The molecule has 2 heteroatoms. The third-order valence-electron chi connectivity index (χ3n) is 2.84. The van der Waals surface area contributed by atoms with Crippen LogP contribution in [-0.2, 0) is 6.42 Å².